The molecule has 0 aromatic heterocycles. The topological polar surface area (TPSA) is 21.3 Å². The molecule has 0 heterocycles. The molecule has 0 aliphatic carbocycles. The molecule has 1 aromatic rings. The van der Waals surface area contributed by atoms with Crippen molar-refractivity contribution in [3.8, 4) is 5.75 Å². The summed E-state index contributed by atoms with van der Waals surface area (Å²) >= 11 is 3.47. The van der Waals surface area contributed by atoms with Crippen molar-refractivity contribution in [1.29, 1.82) is 0 Å². The number of hydrogen-bond acceptors (Lipinski definition) is 2. The first kappa shape index (κ1) is 13.5. The van der Waals surface area contributed by atoms with Gasteiger partial charge in [0.05, 0.1) is 6.10 Å². The largest absolute Gasteiger partial charge is 0.491 e. The molecule has 1 aromatic carbocycles. The SMILES string of the molecule is CCNC(C)c1ccc(Br)cc1OC(C)C. The van der Waals surface area contributed by atoms with Gasteiger partial charge in [0.15, 0.2) is 0 Å². The van der Waals surface area contributed by atoms with Crippen molar-refractivity contribution in [3.05, 3.63) is 28.2 Å². The molecule has 90 valence electrons. The predicted octanol–water partition coefficient (Wildman–Crippen LogP) is 3.91. The average molecular weight is 286 g/mol. The highest BCUT2D eigenvalue weighted by molar-refractivity contribution is 9.10. The van der Waals surface area contributed by atoms with Gasteiger partial charge in [-0.2, -0.15) is 0 Å². The maximum absolute atomic E-state index is 5.82. The van der Waals surface area contributed by atoms with Crippen LogP contribution in [0.25, 0.3) is 0 Å². The van der Waals surface area contributed by atoms with E-state index < -0.39 is 0 Å². The van der Waals surface area contributed by atoms with Crippen LogP contribution in [0.3, 0.4) is 0 Å². The zero-order chi connectivity index (χ0) is 12.1. The summed E-state index contributed by atoms with van der Waals surface area (Å²) in [6.45, 7) is 9.31. The van der Waals surface area contributed by atoms with Gasteiger partial charge in [0, 0.05) is 16.1 Å². The van der Waals surface area contributed by atoms with Crippen molar-refractivity contribution in [1.82, 2.24) is 5.32 Å². The van der Waals surface area contributed by atoms with E-state index in [4.69, 9.17) is 4.74 Å². The summed E-state index contributed by atoms with van der Waals surface area (Å²) < 4.78 is 6.88. The molecule has 0 aliphatic rings. The molecule has 0 bridgehead atoms. The van der Waals surface area contributed by atoms with Gasteiger partial charge in [-0.15, -0.1) is 0 Å². The molecule has 0 fully saturated rings. The molecule has 0 radical (unpaired) electrons. The molecule has 0 saturated heterocycles. The third kappa shape index (κ3) is 3.80. The summed E-state index contributed by atoms with van der Waals surface area (Å²) in [6, 6.07) is 6.50. The van der Waals surface area contributed by atoms with Gasteiger partial charge in [-0.05, 0) is 39.4 Å². The van der Waals surface area contributed by atoms with Crippen LogP contribution in [-0.2, 0) is 0 Å². The second kappa shape index (κ2) is 6.26. The maximum atomic E-state index is 5.82. The number of halogens is 1. The maximum Gasteiger partial charge on any atom is 0.125 e. The minimum Gasteiger partial charge on any atom is -0.491 e. The predicted molar refractivity (Wildman–Crippen MR) is 72.0 cm³/mol. The van der Waals surface area contributed by atoms with Gasteiger partial charge in [-0.3, -0.25) is 0 Å². The second-order valence-corrected chi connectivity index (χ2v) is 5.04. The molecule has 16 heavy (non-hydrogen) atoms. The first-order chi connectivity index (χ1) is 7.54. The number of rotatable bonds is 5. The van der Waals surface area contributed by atoms with E-state index in [1.165, 1.54) is 5.56 Å². The lowest BCUT2D eigenvalue weighted by Crippen LogP contribution is -2.19. The molecule has 0 spiro atoms. The fourth-order valence-corrected chi connectivity index (χ4v) is 1.98. The van der Waals surface area contributed by atoms with Crippen LogP contribution >= 0.6 is 15.9 Å². The van der Waals surface area contributed by atoms with Crippen LogP contribution in [0.2, 0.25) is 0 Å². The normalized spacial score (nSPS) is 12.9. The van der Waals surface area contributed by atoms with Crippen molar-refractivity contribution >= 4 is 15.9 Å². The Balaban J connectivity index is 2.97. The van der Waals surface area contributed by atoms with E-state index >= 15 is 0 Å². The van der Waals surface area contributed by atoms with Crippen molar-refractivity contribution < 1.29 is 4.74 Å². The Bertz CT molecular complexity index is 339. The highest BCUT2D eigenvalue weighted by atomic mass is 79.9. The van der Waals surface area contributed by atoms with Crippen molar-refractivity contribution in [3.63, 3.8) is 0 Å². The molecule has 0 saturated carbocycles. The third-order valence-electron chi connectivity index (χ3n) is 2.32. The van der Waals surface area contributed by atoms with Gasteiger partial charge >= 0.3 is 0 Å². The summed E-state index contributed by atoms with van der Waals surface area (Å²) in [5.74, 6) is 0.956. The minimum atomic E-state index is 0.196. The molecular formula is C13H20BrNO. The van der Waals surface area contributed by atoms with Crippen LogP contribution in [0, 0.1) is 0 Å². The molecule has 3 heteroatoms. The lowest BCUT2D eigenvalue weighted by atomic mass is 10.1. The lowest BCUT2D eigenvalue weighted by Gasteiger charge is -2.19. The van der Waals surface area contributed by atoms with Crippen LogP contribution < -0.4 is 10.1 Å². The summed E-state index contributed by atoms with van der Waals surface area (Å²) in [4.78, 5) is 0. The van der Waals surface area contributed by atoms with Gasteiger partial charge in [-0.1, -0.05) is 28.9 Å². The van der Waals surface area contributed by atoms with Crippen molar-refractivity contribution in [2.75, 3.05) is 6.54 Å². The minimum absolute atomic E-state index is 0.196. The van der Waals surface area contributed by atoms with Crippen LogP contribution in [0.4, 0.5) is 0 Å². The Hall–Kier alpha value is -0.540. The van der Waals surface area contributed by atoms with E-state index in [-0.39, 0.29) is 6.10 Å². The van der Waals surface area contributed by atoms with Gasteiger partial charge in [0.25, 0.3) is 0 Å². The number of hydrogen-bond donors (Lipinski definition) is 1. The van der Waals surface area contributed by atoms with Crippen LogP contribution in [0.15, 0.2) is 22.7 Å². The Labute approximate surface area is 107 Å². The molecular weight excluding hydrogens is 266 g/mol. The zero-order valence-corrected chi connectivity index (χ0v) is 12.0. The Kier molecular flexibility index (Phi) is 5.29. The highest BCUT2D eigenvalue weighted by Gasteiger charge is 2.12. The summed E-state index contributed by atoms with van der Waals surface area (Å²) in [5, 5.41) is 3.40. The Morgan fingerprint density at radius 1 is 1.31 bits per heavy atom. The summed E-state index contributed by atoms with van der Waals surface area (Å²) in [6.07, 6.45) is 0.196. The molecule has 1 rings (SSSR count). The van der Waals surface area contributed by atoms with E-state index in [0.29, 0.717) is 6.04 Å². The third-order valence-corrected chi connectivity index (χ3v) is 2.81. The van der Waals surface area contributed by atoms with Gasteiger partial charge in [0.2, 0.25) is 0 Å². The fourth-order valence-electron chi connectivity index (χ4n) is 1.64. The standard InChI is InChI=1S/C13H20BrNO/c1-5-15-10(4)12-7-6-11(14)8-13(12)16-9(2)3/h6-10,15H,5H2,1-4H3. The molecule has 2 nitrogen and oxygen atoms in total. The van der Waals surface area contributed by atoms with E-state index in [2.05, 4.69) is 47.2 Å². The molecule has 0 aliphatic heterocycles. The smallest absolute Gasteiger partial charge is 0.125 e. The lowest BCUT2D eigenvalue weighted by molar-refractivity contribution is 0.238. The molecule has 1 atom stereocenters. The van der Waals surface area contributed by atoms with E-state index in [1.807, 2.05) is 19.9 Å². The number of nitrogens with one attached hydrogen (secondary N) is 1. The Morgan fingerprint density at radius 2 is 2.00 bits per heavy atom. The van der Waals surface area contributed by atoms with Gasteiger partial charge in [-0.25, -0.2) is 0 Å². The summed E-state index contributed by atoms with van der Waals surface area (Å²) in [5.41, 5.74) is 1.21. The molecule has 1 N–H and O–H groups in total. The van der Waals surface area contributed by atoms with Gasteiger partial charge < -0.3 is 10.1 Å². The van der Waals surface area contributed by atoms with E-state index in [1.54, 1.807) is 0 Å². The van der Waals surface area contributed by atoms with E-state index in [0.717, 1.165) is 16.8 Å². The fraction of sp³-hybridized carbons (Fsp3) is 0.538. The second-order valence-electron chi connectivity index (χ2n) is 4.13. The average Bonchev–Trinajstić information content (AvgIpc) is 2.16. The van der Waals surface area contributed by atoms with Crippen molar-refractivity contribution in [2.24, 2.45) is 0 Å². The van der Waals surface area contributed by atoms with Crippen LogP contribution in [0.1, 0.15) is 39.3 Å². The summed E-state index contributed by atoms with van der Waals surface area (Å²) in [7, 11) is 0. The zero-order valence-electron chi connectivity index (χ0n) is 10.4. The quantitative estimate of drug-likeness (QED) is 0.886. The van der Waals surface area contributed by atoms with E-state index in [9.17, 15) is 0 Å². The first-order valence-electron chi connectivity index (χ1n) is 5.74. The molecule has 0 amide bonds. The number of benzene rings is 1. The number of ether oxygens (including phenoxy) is 1. The monoisotopic (exact) mass is 285 g/mol. The van der Waals surface area contributed by atoms with Crippen molar-refractivity contribution in [2.45, 2.75) is 39.8 Å². The highest BCUT2D eigenvalue weighted by Crippen LogP contribution is 2.29. The van der Waals surface area contributed by atoms with Crippen LogP contribution in [0.5, 0.6) is 5.75 Å². The Morgan fingerprint density at radius 3 is 2.56 bits per heavy atom. The first-order valence-corrected chi connectivity index (χ1v) is 6.53. The van der Waals surface area contributed by atoms with Gasteiger partial charge in [0.1, 0.15) is 5.75 Å². The van der Waals surface area contributed by atoms with Crippen LogP contribution in [-0.4, -0.2) is 12.6 Å². The molecule has 1 unspecified atom stereocenters.